The lowest BCUT2D eigenvalue weighted by Crippen LogP contribution is -2.25. The van der Waals surface area contributed by atoms with Crippen molar-refractivity contribution in [3.8, 4) is 0 Å². The Balaban J connectivity index is 1.59. The maximum atomic E-state index is 12.2. The minimum absolute atomic E-state index is 0.0625. The fourth-order valence-corrected chi connectivity index (χ4v) is 2.56. The first-order valence-corrected chi connectivity index (χ1v) is 8.31. The van der Waals surface area contributed by atoms with E-state index in [-0.39, 0.29) is 24.3 Å². The first-order chi connectivity index (χ1) is 12.0. The van der Waals surface area contributed by atoms with E-state index < -0.39 is 0 Å². The minimum atomic E-state index is -0.107. The number of nitrogens with zero attached hydrogens (tertiary/aromatic N) is 3. The number of carbonyl (C=O) groups excluding carboxylic acids is 2. The molecule has 0 saturated carbocycles. The maximum absolute atomic E-state index is 12.2. The molecule has 3 rings (SSSR count). The third-order valence-corrected chi connectivity index (χ3v) is 3.94. The van der Waals surface area contributed by atoms with Crippen molar-refractivity contribution in [3.05, 3.63) is 47.8 Å². The number of rotatable bonds is 5. The number of nitrogens with one attached hydrogen (secondary N) is 2. The summed E-state index contributed by atoms with van der Waals surface area (Å²) in [5.74, 6) is -0.170. The summed E-state index contributed by atoms with van der Waals surface area (Å²) < 4.78 is 1.83. The Hall–Kier alpha value is -2.96. The molecule has 1 aromatic heterocycles. The zero-order valence-electron chi connectivity index (χ0n) is 14.3. The number of benzene rings is 1. The first kappa shape index (κ1) is 16.9. The van der Waals surface area contributed by atoms with Crippen LogP contribution < -0.4 is 10.7 Å². The van der Waals surface area contributed by atoms with Crippen LogP contribution in [0.2, 0.25) is 0 Å². The molecule has 0 atom stereocenters. The molecule has 130 valence electrons. The highest BCUT2D eigenvalue weighted by Crippen LogP contribution is 2.15. The van der Waals surface area contributed by atoms with E-state index in [1.54, 1.807) is 0 Å². The van der Waals surface area contributed by atoms with Crippen molar-refractivity contribution in [2.45, 2.75) is 39.2 Å². The van der Waals surface area contributed by atoms with Gasteiger partial charge in [-0.15, -0.1) is 0 Å². The predicted octanol–water partition coefficient (Wildman–Crippen LogP) is 2.26. The number of carbonyl (C=O) groups is 2. The van der Waals surface area contributed by atoms with Crippen LogP contribution in [0.5, 0.6) is 0 Å². The van der Waals surface area contributed by atoms with Gasteiger partial charge in [-0.2, -0.15) is 10.2 Å². The van der Waals surface area contributed by atoms with Crippen LogP contribution in [0.25, 0.3) is 0 Å². The SMILES string of the molecule is CC(C)n1ccc(CC(=O)Nc2ccc(C3=NNC(=O)CC3)cc2)n1. The fourth-order valence-electron chi connectivity index (χ4n) is 2.56. The Morgan fingerprint density at radius 1 is 1.24 bits per heavy atom. The van der Waals surface area contributed by atoms with Crippen LogP contribution in [0.3, 0.4) is 0 Å². The molecule has 0 bridgehead atoms. The van der Waals surface area contributed by atoms with Gasteiger partial charge in [0.25, 0.3) is 0 Å². The Kier molecular flexibility index (Phi) is 4.92. The highest BCUT2D eigenvalue weighted by Gasteiger charge is 2.13. The monoisotopic (exact) mass is 339 g/mol. The van der Waals surface area contributed by atoms with Crippen LogP contribution >= 0.6 is 0 Å². The molecule has 0 spiro atoms. The largest absolute Gasteiger partial charge is 0.326 e. The molecule has 2 N–H and O–H groups in total. The molecule has 0 radical (unpaired) electrons. The van der Waals surface area contributed by atoms with Gasteiger partial charge in [0.1, 0.15) is 0 Å². The highest BCUT2D eigenvalue weighted by molar-refractivity contribution is 6.04. The van der Waals surface area contributed by atoms with Crippen LogP contribution in [-0.4, -0.2) is 27.3 Å². The van der Waals surface area contributed by atoms with Crippen molar-refractivity contribution in [2.24, 2.45) is 5.10 Å². The summed E-state index contributed by atoms with van der Waals surface area (Å²) in [5, 5.41) is 11.3. The van der Waals surface area contributed by atoms with Crippen molar-refractivity contribution >= 4 is 23.2 Å². The lowest BCUT2D eigenvalue weighted by atomic mass is 10.0. The third kappa shape index (κ3) is 4.32. The van der Waals surface area contributed by atoms with Crippen LogP contribution in [-0.2, 0) is 16.0 Å². The second-order valence-electron chi connectivity index (χ2n) is 6.28. The summed E-state index contributed by atoms with van der Waals surface area (Å²) in [4.78, 5) is 23.3. The average molecular weight is 339 g/mol. The van der Waals surface area contributed by atoms with E-state index in [4.69, 9.17) is 0 Å². The Bertz CT molecular complexity index is 805. The van der Waals surface area contributed by atoms with E-state index >= 15 is 0 Å². The molecule has 0 saturated heterocycles. The normalized spacial score (nSPS) is 14.2. The molecule has 1 aromatic carbocycles. The summed E-state index contributed by atoms with van der Waals surface area (Å²) in [7, 11) is 0. The first-order valence-electron chi connectivity index (χ1n) is 8.31. The van der Waals surface area contributed by atoms with E-state index in [1.807, 2.05) is 55.1 Å². The van der Waals surface area contributed by atoms with Gasteiger partial charge in [0.15, 0.2) is 0 Å². The van der Waals surface area contributed by atoms with Gasteiger partial charge < -0.3 is 5.32 Å². The number of aromatic nitrogens is 2. The second kappa shape index (κ2) is 7.29. The molecule has 1 aliphatic rings. The van der Waals surface area contributed by atoms with Crippen molar-refractivity contribution in [3.63, 3.8) is 0 Å². The highest BCUT2D eigenvalue weighted by atomic mass is 16.2. The van der Waals surface area contributed by atoms with Gasteiger partial charge in [-0.3, -0.25) is 14.3 Å². The molecule has 25 heavy (non-hydrogen) atoms. The van der Waals surface area contributed by atoms with E-state index in [9.17, 15) is 9.59 Å². The molecule has 0 fully saturated rings. The van der Waals surface area contributed by atoms with Gasteiger partial charge in [0.05, 0.1) is 17.8 Å². The Morgan fingerprint density at radius 3 is 2.60 bits per heavy atom. The van der Waals surface area contributed by atoms with Gasteiger partial charge >= 0.3 is 0 Å². The quantitative estimate of drug-likeness (QED) is 0.876. The predicted molar refractivity (Wildman–Crippen MR) is 95.3 cm³/mol. The van der Waals surface area contributed by atoms with Crippen LogP contribution in [0.4, 0.5) is 5.69 Å². The molecule has 2 heterocycles. The summed E-state index contributed by atoms with van der Waals surface area (Å²) in [6.07, 6.45) is 3.18. The average Bonchev–Trinajstić information content (AvgIpc) is 3.05. The molecular weight excluding hydrogens is 318 g/mol. The van der Waals surface area contributed by atoms with Crippen molar-refractivity contribution < 1.29 is 9.59 Å². The van der Waals surface area contributed by atoms with Gasteiger partial charge in [-0.1, -0.05) is 12.1 Å². The topological polar surface area (TPSA) is 88.4 Å². The molecule has 0 unspecified atom stereocenters. The number of anilines is 1. The molecule has 7 heteroatoms. The molecule has 0 aliphatic carbocycles. The molecule has 2 amide bonds. The summed E-state index contributed by atoms with van der Waals surface area (Å²) in [5.41, 5.74) is 5.73. The Morgan fingerprint density at radius 2 is 2.00 bits per heavy atom. The van der Waals surface area contributed by atoms with Crippen LogP contribution in [0.1, 0.15) is 44.0 Å². The summed E-state index contributed by atoms with van der Waals surface area (Å²) in [6, 6.07) is 9.58. The van der Waals surface area contributed by atoms with Crippen molar-refractivity contribution in [2.75, 3.05) is 5.32 Å². The maximum Gasteiger partial charge on any atom is 0.240 e. The lowest BCUT2D eigenvalue weighted by molar-refractivity contribution is -0.121. The standard InChI is InChI=1S/C18H21N5O2/c1-12(2)23-10-9-15(22-23)11-18(25)19-14-5-3-13(4-6-14)16-7-8-17(24)21-20-16/h3-6,9-10,12H,7-8,11H2,1-2H3,(H,19,25)(H,21,24). The lowest BCUT2D eigenvalue weighted by Gasteiger charge is -2.12. The van der Waals surface area contributed by atoms with E-state index in [0.717, 1.165) is 22.7 Å². The number of hydrazone groups is 1. The molecule has 2 aromatic rings. The van der Waals surface area contributed by atoms with Crippen LogP contribution in [0, 0.1) is 0 Å². The zero-order chi connectivity index (χ0) is 17.8. The van der Waals surface area contributed by atoms with Crippen LogP contribution in [0.15, 0.2) is 41.6 Å². The molecule has 7 nitrogen and oxygen atoms in total. The molecule has 1 aliphatic heterocycles. The fraction of sp³-hybridized carbons (Fsp3) is 0.333. The van der Waals surface area contributed by atoms with Crippen molar-refractivity contribution in [1.82, 2.24) is 15.2 Å². The number of hydrogen-bond acceptors (Lipinski definition) is 4. The van der Waals surface area contributed by atoms with E-state index in [1.165, 1.54) is 0 Å². The van der Waals surface area contributed by atoms with Crippen molar-refractivity contribution in [1.29, 1.82) is 0 Å². The van der Waals surface area contributed by atoms with Gasteiger partial charge in [-0.05, 0) is 37.6 Å². The smallest absolute Gasteiger partial charge is 0.240 e. The summed E-state index contributed by atoms with van der Waals surface area (Å²) >= 11 is 0. The summed E-state index contributed by atoms with van der Waals surface area (Å²) in [6.45, 7) is 4.08. The number of amides is 2. The van der Waals surface area contributed by atoms with Gasteiger partial charge in [0, 0.05) is 30.8 Å². The van der Waals surface area contributed by atoms with E-state index in [0.29, 0.717) is 12.8 Å². The Labute approximate surface area is 146 Å². The zero-order valence-corrected chi connectivity index (χ0v) is 14.3. The van der Waals surface area contributed by atoms with E-state index in [2.05, 4.69) is 20.9 Å². The molecular formula is C18H21N5O2. The van der Waals surface area contributed by atoms with Gasteiger partial charge in [0.2, 0.25) is 11.8 Å². The second-order valence-corrected chi connectivity index (χ2v) is 6.28. The van der Waals surface area contributed by atoms with Gasteiger partial charge in [-0.25, -0.2) is 5.43 Å². The minimum Gasteiger partial charge on any atom is -0.326 e. The third-order valence-electron chi connectivity index (χ3n) is 3.94. The number of hydrogen-bond donors (Lipinski definition) is 2.